The molecule has 1 N–H and O–H groups in total. The second-order valence-electron chi connectivity index (χ2n) is 7.34. The molecule has 1 saturated heterocycles. The highest BCUT2D eigenvalue weighted by Crippen LogP contribution is 2.34. The van der Waals surface area contributed by atoms with Crippen LogP contribution in [0.15, 0.2) is 24.3 Å². The Hall–Kier alpha value is -1.97. The van der Waals surface area contributed by atoms with E-state index in [4.69, 9.17) is 0 Å². The maximum absolute atomic E-state index is 13.2. The number of aliphatic hydroxyl groups excluding tert-OH is 1. The second-order valence-corrected chi connectivity index (χ2v) is 7.34. The molecule has 4 rings (SSSR count). The van der Waals surface area contributed by atoms with Crippen LogP contribution in [-0.2, 0) is 25.8 Å². The zero-order chi connectivity index (χ0) is 19.2. The zero-order valence-corrected chi connectivity index (χ0v) is 15.0. The lowest BCUT2D eigenvalue weighted by molar-refractivity contribution is -0.138. The zero-order valence-electron chi connectivity index (χ0n) is 15.0. The predicted octanol–water partition coefficient (Wildman–Crippen LogP) is 2.05. The van der Waals surface area contributed by atoms with Crippen molar-refractivity contribution in [2.75, 3.05) is 20.1 Å². The Kier molecular flexibility index (Phi) is 4.69. The number of fused-ring (bicyclic) bond motifs is 1. The molecule has 0 spiro atoms. The molecule has 2 aromatic rings. The molecule has 6 nitrogen and oxygen atoms in total. The summed E-state index contributed by atoms with van der Waals surface area (Å²) in [5.74, 6) is 1.59. The van der Waals surface area contributed by atoms with Crippen molar-refractivity contribution < 1.29 is 18.3 Å². The van der Waals surface area contributed by atoms with Crippen molar-refractivity contribution in [3.63, 3.8) is 0 Å². The molecule has 2 atom stereocenters. The van der Waals surface area contributed by atoms with Crippen LogP contribution in [0.2, 0.25) is 0 Å². The highest BCUT2D eigenvalue weighted by Gasteiger charge is 2.36. The summed E-state index contributed by atoms with van der Waals surface area (Å²) >= 11 is 0. The number of nitrogens with zero attached hydrogens (tertiary/aromatic N) is 5. The van der Waals surface area contributed by atoms with Crippen molar-refractivity contribution in [1.29, 1.82) is 0 Å². The Balaban J connectivity index is 1.51. The topological polar surface area (TPSA) is 57.4 Å². The molecule has 0 saturated carbocycles. The summed E-state index contributed by atoms with van der Waals surface area (Å²) in [5.41, 5.74) is -0.309. The van der Waals surface area contributed by atoms with E-state index in [1.54, 1.807) is 6.07 Å². The summed E-state index contributed by atoms with van der Waals surface area (Å²) < 4.78 is 41.7. The van der Waals surface area contributed by atoms with E-state index >= 15 is 0 Å². The molecule has 1 fully saturated rings. The molecule has 1 aromatic carbocycles. The molecular formula is C18H22F3N5O. The molecule has 0 unspecified atom stereocenters. The van der Waals surface area contributed by atoms with E-state index in [1.807, 2.05) is 16.5 Å². The fourth-order valence-electron chi connectivity index (χ4n) is 4.06. The molecule has 0 aliphatic carbocycles. The van der Waals surface area contributed by atoms with Gasteiger partial charge in [-0.1, -0.05) is 18.2 Å². The molecule has 2 aliphatic rings. The first-order valence-corrected chi connectivity index (χ1v) is 9.00. The van der Waals surface area contributed by atoms with Crippen molar-refractivity contribution in [3.05, 3.63) is 47.0 Å². The van der Waals surface area contributed by atoms with Crippen LogP contribution in [0.4, 0.5) is 13.2 Å². The minimum absolute atomic E-state index is 0.0266. The van der Waals surface area contributed by atoms with E-state index in [9.17, 15) is 18.3 Å². The van der Waals surface area contributed by atoms with Crippen LogP contribution in [0.1, 0.15) is 35.2 Å². The van der Waals surface area contributed by atoms with E-state index in [0.29, 0.717) is 32.6 Å². The van der Waals surface area contributed by atoms with E-state index < -0.39 is 11.7 Å². The molecule has 9 heteroatoms. The van der Waals surface area contributed by atoms with Gasteiger partial charge in [0.2, 0.25) is 0 Å². The van der Waals surface area contributed by atoms with Gasteiger partial charge in [-0.3, -0.25) is 9.80 Å². The molecule has 0 radical (unpaired) electrons. The molecular weight excluding hydrogens is 359 g/mol. The molecule has 27 heavy (non-hydrogen) atoms. The average molecular weight is 381 g/mol. The van der Waals surface area contributed by atoms with Crippen molar-refractivity contribution in [2.24, 2.45) is 0 Å². The van der Waals surface area contributed by atoms with Crippen molar-refractivity contribution in [3.8, 4) is 0 Å². The number of rotatable bonds is 3. The Labute approximate surface area is 155 Å². The summed E-state index contributed by atoms with van der Waals surface area (Å²) in [7, 11) is 1.95. The Morgan fingerprint density at radius 2 is 1.96 bits per heavy atom. The molecule has 0 bridgehead atoms. The minimum Gasteiger partial charge on any atom is -0.392 e. The van der Waals surface area contributed by atoms with Gasteiger partial charge >= 0.3 is 6.18 Å². The quantitative estimate of drug-likeness (QED) is 0.882. The standard InChI is InChI=1S/C18H22F3N5O/c1-24-10-13(27)8-15(24)17-23-22-16-11-25(6-7-26(16)17)9-12-4-2-3-5-14(12)18(19,20)21/h2-5,13,15,27H,6-11H2,1H3/t13-,15+/m1/s1. The summed E-state index contributed by atoms with van der Waals surface area (Å²) in [5, 5.41) is 18.5. The smallest absolute Gasteiger partial charge is 0.392 e. The predicted molar refractivity (Wildman–Crippen MR) is 91.6 cm³/mol. The number of benzene rings is 1. The van der Waals surface area contributed by atoms with Crippen molar-refractivity contribution in [2.45, 2.75) is 44.4 Å². The molecule has 3 heterocycles. The number of hydrogen-bond donors (Lipinski definition) is 1. The van der Waals surface area contributed by atoms with Crippen LogP contribution >= 0.6 is 0 Å². The van der Waals surface area contributed by atoms with Crippen molar-refractivity contribution in [1.82, 2.24) is 24.6 Å². The monoisotopic (exact) mass is 381 g/mol. The number of likely N-dealkylation sites (tertiary alicyclic amines) is 1. The van der Waals surface area contributed by atoms with E-state index in [-0.39, 0.29) is 24.3 Å². The van der Waals surface area contributed by atoms with E-state index in [0.717, 1.165) is 17.7 Å². The Morgan fingerprint density at radius 1 is 1.19 bits per heavy atom. The van der Waals surface area contributed by atoms with Gasteiger partial charge in [-0.2, -0.15) is 13.2 Å². The summed E-state index contributed by atoms with van der Waals surface area (Å²) in [6.45, 7) is 2.54. The van der Waals surface area contributed by atoms with Crippen LogP contribution in [-0.4, -0.2) is 55.9 Å². The van der Waals surface area contributed by atoms with Gasteiger partial charge in [-0.15, -0.1) is 10.2 Å². The van der Waals surface area contributed by atoms with Gasteiger partial charge in [-0.05, 0) is 25.1 Å². The van der Waals surface area contributed by atoms with Gasteiger partial charge in [0.1, 0.15) is 5.82 Å². The van der Waals surface area contributed by atoms with Crippen LogP contribution < -0.4 is 0 Å². The number of halogens is 3. The lowest BCUT2D eigenvalue weighted by atomic mass is 10.1. The number of aliphatic hydroxyl groups is 1. The number of hydrogen-bond acceptors (Lipinski definition) is 5. The number of alkyl halides is 3. The first-order chi connectivity index (χ1) is 12.8. The van der Waals surface area contributed by atoms with Gasteiger partial charge in [-0.25, -0.2) is 0 Å². The highest BCUT2D eigenvalue weighted by atomic mass is 19.4. The fourth-order valence-corrected chi connectivity index (χ4v) is 4.06. The van der Waals surface area contributed by atoms with Gasteiger partial charge in [0.25, 0.3) is 0 Å². The second kappa shape index (κ2) is 6.88. The SMILES string of the molecule is CN1C[C@H](O)C[C@H]1c1nnc2n1CCN(Cc1ccccc1C(F)(F)F)C2. The number of aromatic nitrogens is 3. The Bertz CT molecular complexity index is 822. The first-order valence-electron chi connectivity index (χ1n) is 9.00. The number of likely N-dealkylation sites (N-methyl/N-ethyl adjacent to an activating group) is 1. The fraction of sp³-hybridized carbons (Fsp3) is 0.556. The molecule has 146 valence electrons. The van der Waals surface area contributed by atoms with Gasteiger partial charge in [0.15, 0.2) is 5.82 Å². The third-order valence-corrected chi connectivity index (χ3v) is 5.40. The van der Waals surface area contributed by atoms with Crippen LogP contribution in [0, 0.1) is 0 Å². The summed E-state index contributed by atoms with van der Waals surface area (Å²) in [4.78, 5) is 4.03. The lowest BCUT2D eigenvalue weighted by Gasteiger charge is -2.29. The Morgan fingerprint density at radius 3 is 2.67 bits per heavy atom. The minimum atomic E-state index is -4.35. The maximum Gasteiger partial charge on any atom is 0.416 e. The molecule has 2 aliphatic heterocycles. The van der Waals surface area contributed by atoms with Crippen LogP contribution in [0.25, 0.3) is 0 Å². The third-order valence-electron chi connectivity index (χ3n) is 5.40. The molecule has 1 aromatic heterocycles. The summed E-state index contributed by atoms with van der Waals surface area (Å²) in [6, 6.07) is 5.73. The van der Waals surface area contributed by atoms with Gasteiger partial charge < -0.3 is 9.67 Å². The van der Waals surface area contributed by atoms with Gasteiger partial charge in [0, 0.05) is 26.2 Å². The largest absolute Gasteiger partial charge is 0.416 e. The van der Waals surface area contributed by atoms with Crippen molar-refractivity contribution >= 4 is 0 Å². The first kappa shape index (κ1) is 18.4. The normalized spacial score (nSPS) is 24.3. The van der Waals surface area contributed by atoms with Crippen LogP contribution in [0.3, 0.4) is 0 Å². The van der Waals surface area contributed by atoms with E-state index in [1.165, 1.54) is 12.1 Å². The summed E-state index contributed by atoms with van der Waals surface area (Å²) in [6.07, 6.45) is -4.10. The molecule has 0 amide bonds. The highest BCUT2D eigenvalue weighted by molar-refractivity contribution is 5.29. The lowest BCUT2D eigenvalue weighted by Crippen LogP contribution is -2.35. The van der Waals surface area contributed by atoms with Gasteiger partial charge in [0.05, 0.1) is 24.3 Å². The van der Waals surface area contributed by atoms with Crippen LogP contribution in [0.5, 0.6) is 0 Å². The van der Waals surface area contributed by atoms with E-state index in [2.05, 4.69) is 15.1 Å². The average Bonchev–Trinajstić information content (AvgIpc) is 3.16. The maximum atomic E-state index is 13.2. The number of β-amino-alcohol motifs (C(OH)–C–C–N with tert-alkyl or cyclic N) is 1. The third kappa shape index (κ3) is 3.59.